The Bertz CT molecular complexity index is 949. The molecule has 2 aliphatic rings. The van der Waals surface area contributed by atoms with Crippen molar-refractivity contribution in [3.05, 3.63) is 60.1 Å². The maximum absolute atomic E-state index is 13.5. The summed E-state index contributed by atoms with van der Waals surface area (Å²) in [4.78, 5) is 0.0759. The molecule has 0 aromatic heterocycles. The Kier molecular flexibility index (Phi) is 5.18. The lowest BCUT2D eigenvalue weighted by Crippen LogP contribution is -2.46. The molecule has 0 radical (unpaired) electrons. The van der Waals surface area contributed by atoms with Crippen molar-refractivity contribution >= 4 is 15.5 Å². The molecule has 3 atom stereocenters. The highest BCUT2D eigenvalue weighted by molar-refractivity contribution is 7.90. The molecule has 3 rings (SSSR count). The van der Waals surface area contributed by atoms with Crippen molar-refractivity contribution in [3.8, 4) is 0 Å². The molecule has 28 heavy (non-hydrogen) atoms. The highest BCUT2D eigenvalue weighted by atomic mass is 32.2. The van der Waals surface area contributed by atoms with E-state index in [-0.39, 0.29) is 10.8 Å². The van der Waals surface area contributed by atoms with Crippen LogP contribution in [0.4, 0.5) is 23.2 Å². The van der Waals surface area contributed by atoms with Gasteiger partial charge in [-0.2, -0.15) is 13.2 Å². The standard InChI is InChI=1S/C19H20F4N2O2S/c1-12-10-13(20)4-9-16(12)17-11-18(19(21,22)23)24(2)25(17)14-5-7-15(8-6-14)28(3,26)27/h4-12,16,18H,1-3H3. The van der Waals surface area contributed by atoms with E-state index in [1.54, 1.807) is 13.0 Å². The van der Waals surface area contributed by atoms with Crippen molar-refractivity contribution in [2.45, 2.75) is 24.0 Å². The van der Waals surface area contributed by atoms with Gasteiger partial charge in [0, 0.05) is 24.9 Å². The number of hydrazine groups is 1. The first-order chi connectivity index (χ1) is 12.9. The van der Waals surface area contributed by atoms with Gasteiger partial charge in [-0.3, -0.25) is 5.01 Å². The Morgan fingerprint density at radius 1 is 1.07 bits per heavy atom. The second-order valence-electron chi connectivity index (χ2n) is 7.03. The van der Waals surface area contributed by atoms with Crippen molar-refractivity contribution in [3.63, 3.8) is 0 Å². The topological polar surface area (TPSA) is 40.6 Å². The lowest BCUT2D eigenvalue weighted by molar-refractivity contribution is -0.164. The van der Waals surface area contributed by atoms with E-state index in [1.165, 1.54) is 48.5 Å². The normalized spacial score (nSPS) is 26.4. The van der Waals surface area contributed by atoms with Gasteiger partial charge in [0.1, 0.15) is 11.9 Å². The fourth-order valence-electron chi connectivity index (χ4n) is 3.52. The molecule has 3 unspecified atom stereocenters. The number of alkyl halides is 3. The molecule has 0 N–H and O–H groups in total. The zero-order chi connectivity index (χ0) is 20.9. The SMILES string of the molecule is CC1C=C(F)C=CC1C1=CC(C(F)(F)F)N(C)N1c1ccc(S(C)(=O)=O)cc1. The number of benzene rings is 1. The molecule has 9 heteroatoms. The van der Waals surface area contributed by atoms with Crippen molar-refractivity contribution < 1.29 is 26.0 Å². The van der Waals surface area contributed by atoms with Gasteiger partial charge in [0.15, 0.2) is 9.84 Å². The summed E-state index contributed by atoms with van der Waals surface area (Å²) in [5.74, 6) is -1.22. The summed E-state index contributed by atoms with van der Waals surface area (Å²) in [5.41, 5.74) is 0.757. The molecule has 0 bridgehead atoms. The van der Waals surface area contributed by atoms with Gasteiger partial charge in [-0.05, 0) is 48.4 Å². The Morgan fingerprint density at radius 3 is 2.18 bits per heavy atom. The van der Waals surface area contributed by atoms with Gasteiger partial charge in [0.2, 0.25) is 0 Å². The molecule has 1 aromatic carbocycles. The molecule has 4 nitrogen and oxygen atoms in total. The largest absolute Gasteiger partial charge is 0.409 e. The van der Waals surface area contributed by atoms with Crippen LogP contribution in [0.2, 0.25) is 0 Å². The van der Waals surface area contributed by atoms with Gasteiger partial charge in [-0.25, -0.2) is 17.8 Å². The van der Waals surface area contributed by atoms with E-state index < -0.39 is 33.8 Å². The average Bonchev–Trinajstić information content (AvgIpc) is 2.91. The molecular formula is C19H20F4N2O2S. The predicted molar refractivity (Wildman–Crippen MR) is 98.7 cm³/mol. The minimum absolute atomic E-state index is 0.0759. The van der Waals surface area contributed by atoms with Crippen LogP contribution in [0.5, 0.6) is 0 Å². The molecular weight excluding hydrogens is 396 g/mol. The summed E-state index contributed by atoms with van der Waals surface area (Å²) in [6, 6.07) is 3.81. The minimum Gasteiger partial charge on any atom is -0.278 e. The molecule has 0 saturated carbocycles. The number of likely N-dealkylation sites (N-methyl/N-ethyl adjacent to an activating group) is 1. The third kappa shape index (κ3) is 3.86. The van der Waals surface area contributed by atoms with E-state index in [1.807, 2.05) is 0 Å². The third-order valence-corrected chi connectivity index (χ3v) is 6.06. The van der Waals surface area contributed by atoms with Crippen LogP contribution < -0.4 is 5.01 Å². The molecule has 1 aromatic rings. The number of sulfone groups is 1. The molecule has 1 heterocycles. The Balaban J connectivity index is 2.04. The monoisotopic (exact) mass is 416 g/mol. The maximum atomic E-state index is 13.5. The van der Waals surface area contributed by atoms with Crippen LogP contribution in [0.15, 0.2) is 65.0 Å². The molecule has 1 aliphatic heterocycles. The van der Waals surface area contributed by atoms with Crippen molar-refractivity contribution in [1.29, 1.82) is 0 Å². The fourth-order valence-corrected chi connectivity index (χ4v) is 4.15. The van der Waals surface area contributed by atoms with Gasteiger partial charge in [0.05, 0.1) is 10.6 Å². The van der Waals surface area contributed by atoms with Crippen molar-refractivity contribution in [2.24, 2.45) is 11.8 Å². The summed E-state index contributed by atoms with van der Waals surface area (Å²) in [5, 5.41) is 2.47. The van der Waals surface area contributed by atoms with Crippen molar-refractivity contribution in [2.75, 3.05) is 18.3 Å². The van der Waals surface area contributed by atoms with Crippen LogP contribution in [-0.4, -0.2) is 38.9 Å². The smallest absolute Gasteiger partial charge is 0.278 e. The Morgan fingerprint density at radius 2 is 1.68 bits per heavy atom. The van der Waals surface area contributed by atoms with Crippen molar-refractivity contribution in [1.82, 2.24) is 5.01 Å². The predicted octanol–water partition coefficient (Wildman–Crippen LogP) is 4.25. The molecule has 0 fully saturated rings. The number of anilines is 1. The van der Waals surface area contributed by atoms with E-state index in [4.69, 9.17) is 0 Å². The lowest BCUT2D eigenvalue weighted by Gasteiger charge is -2.36. The molecule has 0 amide bonds. The highest BCUT2D eigenvalue weighted by Crippen LogP contribution is 2.42. The maximum Gasteiger partial charge on any atom is 0.409 e. The number of nitrogens with zero attached hydrogens (tertiary/aromatic N) is 2. The first-order valence-electron chi connectivity index (χ1n) is 8.56. The van der Waals surface area contributed by atoms with Crippen LogP contribution in [0, 0.1) is 11.8 Å². The van der Waals surface area contributed by atoms with Gasteiger partial charge >= 0.3 is 6.18 Å². The number of hydrogen-bond acceptors (Lipinski definition) is 4. The number of hydrogen-bond donors (Lipinski definition) is 0. The first kappa shape index (κ1) is 20.6. The Hall–Kier alpha value is -2.13. The molecule has 1 aliphatic carbocycles. The number of halogens is 4. The van der Waals surface area contributed by atoms with Gasteiger partial charge < -0.3 is 0 Å². The van der Waals surface area contributed by atoms with Crippen LogP contribution in [-0.2, 0) is 9.84 Å². The zero-order valence-electron chi connectivity index (χ0n) is 15.5. The lowest BCUT2D eigenvalue weighted by atomic mass is 9.86. The van der Waals surface area contributed by atoms with Crippen LogP contribution in [0.3, 0.4) is 0 Å². The molecule has 152 valence electrons. The van der Waals surface area contributed by atoms with Gasteiger partial charge in [-0.15, -0.1) is 0 Å². The number of rotatable bonds is 3. The van der Waals surface area contributed by atoms with Crippen LogP contribution in [0.25, 0.3) is 0 Å². The van der Waals surface area contributed by atoms with E-state index in [9.17, 15) is 26.0 Å². The molecule has 0 saturated heterocycles. The van der Waals surface area contributed by atoms with Crippen LogP contribution >= 0.6 is 0 Å². The average molecular weight is 416 g/mol. The number of allylic oxidation sites excluding steroid dienone is 4. The Labute approximate surface area is 161 Å². The third-order valence-electron chi connectivity index (χ3n) is 4.93. The summed E-state index contributed by atoms with van der Waals surface area (Å²) >= 11 is 0. The summed E-state index contributed by atoms with van der Waals surface area (Å²) in [6.07, 6.45) is 1.87. The summed E-state index contributed by atoms with van der Waals surface area (Å²) in [7, 11) is -2.11. The zero-order valence-corrected chi connectivity index (χ0v) is 16.3. The second-order valence-corrected chi connectivity index (χ2v) is 9.04. The quantitative estimate of drug-likeness (QED) is 0.691. The minimum atomic E-state index is -4.50. The van der Waals surface area contributed by atoms with Gasteiger partial charge in [-0.1, -0.05) is 13.0 Å². The summed E-state index contributed by atoms with van der Waals surface area (Å²) in [6.45, 7) is 1.74. The van der Waals surface area contributed by atoms with E-state index in [0.717, 1.165) is 17.3 Å². The summed E-state index contributed by atoms with van der Waals surface area (Å²) < 4.78 is 77.4. The fraction of sp³-hybridized carbons (Fsp3) is 0.368. The van der Waals surface area contributed by atoms with E-state index in [0.29, 0.717) is 11.4 Å². The van der Waals surface area contributed by atoms with E-state index >= 15 is 0 Å². The van der Waals surface area contributed by atoms with Gasteiger partial charge in [0.25, 0.3) is 0 Å². The van der Waals surface area contributed by atoms with Crippen LogP contribution in [0.1, 0.15) is 6.92 Å². The first-order valence-corrected chi connectivity index (χ1v) is 10.5. The second kappa shape index (κ2) is 7.04. The highest BCUT2D eigenvalue weighted by Gasteiger charge is 2.49. The van der Waals surface area contributed by atoms with E-state index in [2.05, 4.69) is 0 Å². The molecule has 0 spiro atoms.